The molecule has 0 fully saturated rings. The van der Waals surface area contributed by atoms with Gasteiger partial charge in [0.2, 0.25) is 0 Å². The zero-order valence-corrected chi connectivity index (χ0v) is 11.5. The van der Waals surface area contributed by atoms with Crippen molar-refractivity contribution in [2.75, 3.05) is 13.4 Å². The largest absolute Gasteiger partial charge is 0.497 e. The number of hydrogen-bond acceptors (Lipinski definition) is 5. The molecule has 0 aliphatic rings. The van der Waals surface area contributed by atoms with E-state index >= 15 is 0 Å². The zero-order valence-electron chi connectivity index (χ0n) is 10.7. The molecule has 0 spiro atoms. The van der Waals surface area contributed by atoms with Crippen LogP contribution in [0.3, 0.4) is 0 Å². The van der Waals surface area contributed by atoms with Crippen LogP contribution in [0.25, 0.3) is 11.3 Å². The predicted molar refractivity (Wildman–Crippen MR) is 73.3 cm³/mol. The van der Waals surface area contributed by atoms with Crippen LogP contribution < -0.4 is 10.3 Å². The van der Waals surface area contributed by atoms with Crippen LogP contribution in [-0.4, -0.2) is 23.3 Å². The van der Waals surface area contributed by atoms with E-state index in [9.17, 15) is 9.18 Å². The second-order valence-corrected chi connectivity index (χ2v) is 4.55. The Labute approximate surface area is 118 Å². The van der Waals surface area contributed by atoms with Crippen LogP contribution in [0.5, 0.6) is 5.75 Å². The van der Waals surface area contributed by atoms with Gasteiger partial charge in [0.1, 0.15) is 23.2 Å². The molecule has 102 valence electrons. The van der Waals surface area contributed by atoms with Crippen LogP contribution in [0.1, 0.15) is 5.56 Å². The maximum Gasteiger partial charge on any atom is 0.270 e. The number of nitrogens with one attached hydrogen (secondary N) is 1. The Balaban J connectivity index is 2.72. The Bertz CT molecular complexity index is 752. The fourth-order valence-electron chi connectivity index (χ4n) is 1.66. The van der Waals surface area contributed by atoms with Gasteiger partial charge in [-0.15, -0.1) is 0 Å². The minimum Gasteiger partial charge on any atom is -0.497 e. The molecule has 1 aromatic carbocycles. The summed E-state index contributed by atoms with van der Waals surface area (Å²) in [7, 11) is 1.42. The summed E-state index contributed by atoms with van der Waals surface area (Å²) in [6.45, 7) is 0. The lowest BCUT2D eigenvalue weighted by Crippen LogP contribution is -2.15. The van der Waals surface area contributed by atoms with E-state index in [0.29, 0.717) is 10.9 Å². The number of aromatic nitrogens is 2. The Morgan fingerprint density at radius 3 is 2.80 bits per heavy atom. The standard InChI is InChI=1S/C13H10FN3O2S/c1-19-7-3-4-8(10(14)5-7)11-9(6-15)12(18)17-13(16-11)20-2/h3-5H,1-2H3,(H,16,17,18). The summed E-state index contributed by atoms with van der Waals surface area (Å²) >= 11 is 1.20. The monoisotopic (exact) mass is 291 g/mol. The first-order valence-corrected chi connectivity index (χ1v) is 6.75. The Hall–Kier alpha value is -2.33. The SMILES string of the molecule is COc1ccc(-c2nc(SC)[nH]c(=O)c2C#N)c(F)c1. The summed E-state index contributed by atoms with van der Waals surface area (Å²) in [6.07, 6.45) is 1.72. The molecular weight excluding hydrogens is 281 g/mol. The Morgan fingerprint density at radius 2 is 2.25 bits per heavy atom. The van der Waals surface area contributed by atoms with E-state index in [-0.39, 0.29) is 16.8 Å². The number of ether oxygens (including phenoxy) is 1. The van der Waals surface area contributed by atoms with Gasteiger partial charge >= 0.3 is 0 Å². The van der Waals surface area contributed by atoms with Crippen LogP contribution in [0.4, 0.5) is 4.39 Å². The van der Waals surface area contributed by atoms with E-state index in [1.807, 2.05) is 0 Å². The van der Waals surface area contributed by atoms with Crippen molar-refractivity contribution < 1.29 is 9.13 Å². The molecule has 2 aromatic rings. The van der Waals surface area contributed by atoms with Gasteiger partial charge in [-0.25, -0.2) is 9.37 Å². The van der Waals surface area contributed by atoms with Crippen molar-refractivity contribution in [3.05, 3.63) is 39.9 Å². The lowest BCUT2D eigenvalue weighted by Gasteiger charge is -2.07. The Morgan fingerprint density at radius 1 is 1.50 bits per heavy atom. The maximum atomic E-state index is 14.1. The molecule has 0 saturated heterocycles. The number of rotatable bonds is 3. The van der Waals surface area contributed by atoms with Gasteiger partial charge in [0.15, 0.2) is 5.16 Å². The van der Waals surface area contributed by atoms with E-state index < -0.39 is 11.4 Å². The quantitative estimate of drug-likeness (QED) is 0.692. The number of nitrogens with zero attached hydrogens (tertiary/aromatic N) is 2. The number of H-pyrrole nitrogens is 1. The van der Waals surface area contributed by atoms with Crippen molar-refractivity contribution in [2.24, 2.45) is 0 Å². The molecule has 0 aliphatic carbocycles. The van der Waals surface area contributed by atoms with E-state index in [4.69, 9.17) is 10.00 Å². The average Bonchev–Trinajstić information content (AvgIpc) is 2.46. The highest BCUT2D eigenvalue weighted by Crippen LogP contribution is 2.26. The normalized spacial score (nSPS) is 10.1. The van der Waals surface area contributed by atoms with Gasteiger partial charge in [0, 0.05) is 11.6 Å². The molecule has 7 heteroatoms. The maximum absolute atomic E-state index is 14.1. The summed E-state index contributed by atoms with van der Waals surface area (Å²) < 4.78 is 19.0. The summed E-state index contributed by atoms with van der Waals surface area (Å²) in [6, 6.07) is 5.91. The zero-order chi connectivity index (χ0) is 14.7. The molecule has 1 heterocycles. The highest BCUT2D eigenvalue weighted by Gasteiger charge is 2.16. The van der Waals surface area contributed by atoms with Crippen molar-refractivity contribution in [3.63, 3.8) is 0 Å². The molecule has 0 bridgehead atoms. The topological polar surface area (TPSA) is 78.8 Å². The van der Waals surface area contributed by atoms with Crippen molar-refractivity contribution in [1.82, 2.24) is 9.97 Å². The Kier molecular flexibility index (Phi) is 4.05. The van der Waals surface area contributed by atoms with Gasteiger partial charge in [-0.05, 0) is 18.4 Å². The van der Waals surface area contributed by atoms with E-state index in [1.54, 1.807) is 18.4 Å². The second kappa shape index (κ2) is 5.75. The van der Waals surface area contributed by atoms with Gasteiger partial charge in [0.25, 0.3) is 5.56 Å². The number of nitriles is 1. The van der Waals surface area contributed by atoms with Gasteiger partial charge in [-0.1, -0.05) is 11.8 Å². The molecule has 20 heavy (non-hydrogen) atoms. The summed E-state index contributed by atoms with van der Waals surface area (Å²) in [4.78, 5) is 18.3. The number of methoxy groups -OCH3 is 1. The van der Waals surface area contributed by atoms with Gasteiger partial charge in [-0.2, -0.15) is 5.26 Å². The molecule has 1 N–H and O–H groups in total. The third-order valence-corrected chi connectivity index (χ3v) is 3.21. The molecule has 2 rings (SSSR count). The molecule has 0 aliphatic heterocycles. The molecule has 0 amide bonds. The van der Waals surface area contributed by atoms with Crippen LogP contribution in [0.2, 0.25) is 0 Å². The smallest absolute Gasteiger partial charge is 0.270 e. The van der Waals surface area contributed by atoms with Crippen molar-refractivity contribution in [3.8, 4) is 23.1 Å². The molecule has 0 radical (unpaired) electrons. The van der Waals surface area contributed by atoms with Gasteiger partial charge in [0.05, 0.1) is 12.8 Å². The number of halogens is 1. The van der Waals surface area contributed by atoms with Gasteiger partial charge < -0.3 is 9.72 Å². The minimum absolute atomic E-state index is 0.0285. The van der Waals surface area contributed by atoms with Crippen LogP contribution >= 0.6 is 11.8 Å². The highest BCUT2D eigenvalue weighted by atomic mass is 32.2. The van der Waals surface area contributed by atoms with Gasteiger partial charge in [-0.3, -0.25) is 4.79 Å². The van der Waals surface area contributed by atoms with Crippen molar-refractivity contribution >= 4 is 11.8 Å². The highest BCUT2D eigenvalue weighted by molar-refractivity contribution is 7.98. The van der Waals surface area contributed by atoms with E-state index in [2.05, 4.69) is 9.97 Å². The molecule has 1 aromatic heterocycles. The second-order valence-electron chi connectivity index (χ2n) is 3.76. The lowest BCUT2D eigenvalue weighted by atomic mass is 10.1. The summed E-state index contributed by atoms with van der Waals surface area (Å²) in [5.41, 5.74) is -0.687. The number of aromatic amines is 1. The molecule has 5 nitrogen and oxygen atoms in total. The summed E-state index contributed by atoms with van der Waals surface area (Å²) in [5, 5.41) is 9.37. The van der Waals surface area contributed by atoms with Crippen molar-refractivity contribution in [2.45, 2.75) is 5.16 Å². The minimum atomic E-state index is -0.606. The summed E-state index contributed by atoms with van der Waals surface area (Å²) in [5.74, 6) is -0.259. The van der Waals surface area contributed by atoms with E-state index in [0.717, 1.165) is 0 Å². The average molecular weight is 291 g/mol. The predicted octanol–water partition coefficient (Wildman–Crippen LogP) is 2.18. The first kappa shape index (κ1) is 14.1. The lowest BCUT2D eigenvalue weighted by molar-refractivity contribution is 0.411. The third kappa shape index (κ3) is 2.51. The van der Waals surface area contributed by atoms with Crippen LogP contribution in [0.15, 0.2) is 28.2 Å². The molecular formula is C13H10FN3O2S. The van der Waals surface area contributed by atoms with Crippen LogP contribution in [0, 0.1) is 17.1 Å². The number of benzene rings is 1. The first-order chi connectivity index (χ1) is 9.60. The molecule has 0 atom stereocenters. The fourth-order valence-corrected chi connectivity index (χ4v) is 2.04. The molecule has 0 unspecified atom stereocenters. The third-order valence-electron chi connectivity index (χ3n) is 2.63. The van der Waals surface area contributed by atoms with E-state index in [1.165, 1.54) is 31.0 Å². The number of thioether (sulfide) groups is 1. The first-order valence-electron chi connectivity index (χ1n) is 5.53. The molecule has 0 saturated carbocycles. The van der Waals surface area contributed by atoms with Crippen LogP contribution in [-0.2, 0) is 0 Å². The fraction of sp³-hybridized carbons (Fsp3) is 0.154. The number of hydrogen-bond donors (Lipinski definition) is 1. The van der Waals surface area contributed by atoms with Crippen molar-refractivity contribution in [1.29, 1.82) is 5.26 Å².